The number of aromatic amines is 1. The van der Waals surface area contributed by atoms with E-state index in [0.717, 1.165) is 11.3 Å². The average Bonchev–Trinajstić information content (AvgIpc) is 3.19. The summed E-state index contributed by atoms with van der Waals surface area (Å²) in [5.41, 5.74) is 4.71. The van der Waals surface area contributed by atoms with Gasteiger partial charge < -0.3 is 5.32 Å². The lowest BCUT2D eigenvalue weighted by Gasteiger charge is -2.13. The predicted octanol–water partition coefficient (Wildman–Crippen LogP) is 5.47. The molecule has 3 aromatic carbocycles. The van der Waals surface area contributed by atoms with Gasteiger partial charge in [0.25, 0.3) is 5.69 Å². The molecule has 8 heteroatoms. The summed E-state index contributed by atoms with van der Waals surface area (Å²) in [5, 5.41) is 23.0. The summed E-state index contributed by atoms with van der Waals surface area (Å²) in [4.78, 5) is 16.2. The maximum absolute atomic E-state index is 11.8. The lowest BCUT2D eigenvalue weighted by atomic mass is 9.97. The molecule has 2 N–H and O–H groups in total. The molecule has 152 valence electrons. The largest absolute Gasteiger partial charge is 0.359 e. The standard InChI is InChI=1S/C23H16ClN5O2/c24-19-9-5-4-8-16(19)22-17-11-20(29(30)31)23-18(13-26-28-23)21(17)25-12-15(27-22)10-14-6-2-1-3-7-14/h1-9,11-13,25H,10H2,(H,26,28). The molecule has 1 aromatic heterocycles. The molecular formula is C23H16ClN5O2. The SMILES string of the molecule is O=[N+]([O-])c1cc2c(c3cn[nH]c13)NC=C(Cc1ccccc1)N=C2c1ccccc1Cl. The van der Waals surface area contributed by atoms with E-state index in [2.05, 4.69) is 15.5 Å². The van der Waals surface area contributed by atoms with Gasteiger partial charge in [0.2, 0.25) is 0 Å². The van der Waals surface area contributed by atoms with Crippen LogP contribution in [0.2, 0.25) is 5.02 Å². The summed E-state index contributed by atoms with van der Waals surface area (Å²) in [6.07, 6.45) is 3.99. The Bertz CT molecular complexity index is 1380. The summed E-state index contributed by atoms with van der Waals surface area (Å²) in [5.74, 6) is 0. The number of allylic oxidation sites excluding steroid dienone is 1. The van der Waals surface area contributed by atoms with Gasteiger partial charge in [-0.25, -0.2) is 0 Å². The zero-order chi connectivity index (χ0) is 21.4. The molecule has 31 heavy (non-hydrogen) atoms. The van der Waals surface area contributed by atoms with Gasteiger partial charge in [0.05, 0.1) is 33.6 Å². The molecule has 1 aliphatic rings. The molecule has 0 radical (unpaired) electrons. The number of benzene rings is 3. The Balaban J connectivity index is 1.76. The summed E-state index contributed by atoms with van der Waals surface area (Å²) in [7, 11) is 0. The quantitative estimate of drug-likeness (QED) is 0.332. The van der Waals surface area contributed by atoms with Crippen LogP contribution >= 0.6 is 11.6 Å². The molecule has 0 bridgehead atoms. The van der Waals surface area contributed by atoms with Gasteiger partial charge in [-0.05, 0) is 11.6 Å². The molecular weight excluding hydrogens is 414 g/mol. The third kappa shape index (κ3) is 3.45. The number of hydrogen-bond donors (Lipinski definition) is 2. The maximum Gasteiger partial charge on any atom is 0.295 e. The van der Waals surface area contributed by atoms with E-state index in [4.69, 9.17) is 16.6 Å². The van der Waals surface area contributed by atoms with Gasteiger partial charge in [0, 0.05) is 34.8 Å². The number of hydrogen-bond acceptors (Lipinski definition) is 5. The lowest BCUT2D eigenvalue weighted by Crippen LogP contribution is -2.07. The molecule has 0 unspecified atom stereocenters. The monoisotopic (exact) mass is 429 g/mol. The molecule has 4 aromatic rings. The highest BCUT2D eigenvalue weighted by Crippen LogP contribution is 2.37. The second-order valence-electron chi connectivity index (χ2n) is 7.12. The number of anilines is 1. The maximum atomic E-state index is 11.8. The Labute approximate surface area is 182 Å². The Kier molecular flexibility index (Phi) is 4.72. The zero-order valence-corrected chi connectivity index (χ0v) is 16.9. The Hall–Kier alpha value is -3.97. The van der Waals surface area contributed by atoms with Crippen molar-refractivity contribution in [3.8, 4) is 0 Å². The first-order valence-corrected chi connectivity index (χ1v) is 9.97. The van der Waals surface area contributed by atoms with Crippen molar-refractivity contribution in [3.05, 3.63) is 111 Å². The predicted molar refractivity (Wildman–Crippen MR) is 122 cm³/mol. The molecule has 2 heterocycles. The Morgan fingerprint density at radius 1 is 1.03 bits per heavy atom. The number of non-ortho nitro benzene ring substituents is 1. The van der Waals surface area contributed by atoms with Crippen molar-refractivity contribution in [3.63, 3.8) is 0 Å². The number of nitrogens with zero attached hydrogens (tertiary/aromatic N) is 3. The van der Waals surface area contributed by atoms with Gasteiger partial charge in [-0.1, -0.05) is 60.1 Å². The number of fused-ring (bicyclic) bond motifs is 3. The second-order valence-corrected chi connectivity index (χ2v) is 7.52. The molecule has 0 saturated heterocycles. The number of rotatable bonds is 4. The fourth-order valence-corrected chi connectivity index (χ4v) is 3.95. The highest BCUT2D eigenvalue weighted by Gasteiger charge is 2.26. The van der Waals surface area contributed by atoms with Crippen LogP contribution in [0.3, 0.4) is 0 Å². The molecule has 0 aliphatic carbocycles. The first kappa shape index (κ1) is 19.0. The summed E-state index contributed by atoms with van der Waals surface area (Å²) in [6.45, 7) is 0. The number of nitro benzene ring substituents is 1. The van der Waals surface area contributed by atoms with Crippen LogP contribution in [0.25, 0.3) is 10.9 Å². The number of nitro groups is 1. The minimum Gasteiger partial charge on any atom is -0.359 e. The lowest BCUT2D eigenvalue weighted by molar-refractivity contribution is -0.383. The molecule has 1 aliphatic heterocycles. The number of aliphatic imine (C=N–C) groups is 1. The van der Waals surface area contributed by atoms with E-state index in [9.17, 15) is 10.1 Å². The Morgan fingerprint density at radius 3 is 2.58 bits per heavy atom. The van der Waals surface area contributed by atoms with Crippen LogP contribution in [0.1, 0.15) is 16.7 Å². The molecule has 0 spiro atoms. The van der Waals surface area contributed by atoms with E-state index in [1.165, 1.54) is 6.07 Å². The number of aromatic nitrogens is 2. The smallest absolute Gasteiger partial charge is 0.295 e. The normalized spacial score (nSPS) is 13.1. The topological polar surface area (TPSA) is 96.2 Å². The Morgan fingerprint density at radius 2 is 1.81 bits per heavy atom. The second kappa shape index (κ2) is 7.70. The number of nitrogens with one attached hydrogen (secondary N) is 2. The molecule has 0 amide bonds. The minimum atomic E-state index is -0.422. The van der Waals surface area contributed by atoms with Crippen molar-refractivity contribution >= 4 is 39.6 Å². The molecule has 0 atom stereocenters. The van der Waals surface area contributed by atoms with Gasteiger partial charge >= 0.3 is 0 Å². The van der Waals surface area contributed by atoms with Gasteiger partial charge in [0.15, 0.2) is 0 Å². The van der Waals surface area contributed by atoms with Gasteiger partial charge in [-0.3, -0.25) is 20.2 Å². The third-order valence-electron chi connectivity index (χ3n) is 5.16. The van der Waals surface area contributed by atoms with Crippen LogP contribution in [0, 0.1) is 10.1 Å². The van der Waals surface area contributed by atoms with Crippen molar-refractivity contribution < 1.29 is 4.92 Å². The third-order valence-corrected chi connectivity index (χ3v) is 5.49. The van der Waals surface area contributed by atoms with E-state index in [1.807, 2.05) is 54.7 Å². The van der Waals surface area contributed by atoms with Crippen LogP contribution < -0.4 is 5.32 Å². The van der Waals surface area contributed by atoms with Crippen molar-refractivity contribution in [2.45, 2.75) is 6.42 Å². The fraction of sp³-hybridized carbons (Fsp3) is 0.0435. The summed E-state index contributed by atoms with van der Waals surface area (Å²) >= 11 is 6.51. The van der Waals surface area contributed by atoms with Crippen LogP contribution in [-0.2, 0) is 6.42 Å². The van der Waals surface area contributed by atoms with Crippen molar-refractivity contribution in [2.24, 2.45) is 4.99 Å². The molecule has 5 rings (SSSR count). The van der Waals surface area contributed by atoms with Crippen molar-refractivity contribution in [1.82, 2.24) is 10.2 Å². The van der Waals surface area contributed by atoms with E-state index < -0.39 is 4.92 Å². The van der Waals surface area contributed by atoms with Gasteiger partial charge in [-0.2, -0.15) is 5.10 Å². The zero-order valence-electron chi connectivity index (χ0n) is 16.2. The molecule has 7 nitrogen and oxygen atoms in total. The van der Waals surface area contributed by atoms with Crippen molar-refractivity contribution in [2.75, 3.05) is 5.32 Å². The summed E-state index contributed by atoms with van der Waals surface area (Å²) in [6, 6.07) is 18.8. The first-order chi connectivity index (χ1) is 15.1. The van der Waals surface area contributed by atoms with Crippen LogP contribution in [0.5, 0.6) is 0 Å². The van der Waals surface area contributed by atoms with Crippen LogP contribution in [-0.4, -0.2) is 20.8 Å². The van der Waals surface area contributed by atoms with Gasteiger partial charge in [0.1, 0.15) is 5.52 Å². The van der Waals surface area contributed by atoms with E-state index in [0.29, 0.717) is 44.9 Å². The van der Waals surface area contributed by atoms with E-state index in [-0.39, 0.29) is 5.69 Å². The van der Waals surface area contributed by atoms with Crippen LogP contribution in [0.15, 0.2) is 83.7 Å². The minimum absolute atomic E-state index is 0.0701. The van der Waals surface area contributed by atoms with E-state index in [1.54, 1.807) is 12.3 Å². The summed E-state index contributed by atoms with van der Waals surface area (Å²) < 4.78 is 0. The van der Waals surface area contributed by atoms with E-state index >= 15 is 0 Å². The first-order valence-electron chi connectivity index (χ1n) is 9.60. The number of H-pyrrole nitrogens is 1. The van der Waals surface area contributed by atoms with Gasteiger partial charge in [-0.15, -0.1) is 0 Å². The van der Waals surface area contributed by atoms with Crippen LogP contribution in [0.4, 0.5) is 11.4 Å². The highest BCUT2D eigenvalue weighted by molar-refractivity contribution is 6.36. The average molecular weight is 430 g/mol. The molecule has 0 saturated carbocycles. The fourth-order valence-electron chi connectivity index (χ4n) is 3.73. The molecule has 0 fully saturated rings. The van der Waals surface area contributed by atoms with Crippen molar-refractivity contribution in [1.29, 1.82) is 0 Å². The highest BCUT2D eigenvalue weighted by atomic mass is 35.5. The number of halogens is 1.